The highest BCUT2D eigenvalue weighted by molar-refractivity contribution is 6.00. The van der Waals surface area contributed by atoms with E-state index in [0.717, 1.165) is 16.3 Å². The van der Waals surface area contributed by atoms with E-state index < -0.39 is 5.97 Å². The van der Waals surface area contributed by atoms with Crippen LogP contribution < -0.4 is 5.32 Å². The molecule has 3 aromatic rings. The van der Waals surface area contributed by atoms with Crippen molar-refractivity contribution in [3.8, 4) is 0 Å². The van der Waals surface area contributed by atoms with Gasteiger partial charge in [0.05, 0.1) is 18.7 Å². The SMILES string of the molecule is COC(=O)c1c(C)[nH]c(C(=O)NC(C)c2ccc3ccccc3c2)c1C. The molecule has 0 aliphatic heterocycles. The van der Waals surface area contributed by atoms with Crippen molar-refractivity contribution in [2.24, 2.45) is 0 Å². The molecule has 1 atom stereocenters. The van der Waals surface area contributed by atoms with Crippen LogP contribution in [0.4, 0.5) is 0 Å². The Balaban J connectivity index is 1.84. The van der Waals surface area contributed by atoms with Crippen LogP contribution in [0.25, 0.3) is 10.8 Å². The topological polar surface area (TPSA) is 71.2 Å². The number of benzene rings is 2. The monoisotopic (exact) mass is 350 g/mol. The van der Waals surface area contributed by atoms with Crippen molar-refractivity contribution < 1.29 is 14.3 Å². The first-order valence-electron chi connectivity index (χ1n) is 8.49. The average molecular weight is 350 g/mol. The highest BCUT2D eigenvalue weighted by Gasteiger charge is 2.23. The third kappa shape index (κ3) is 3.20. The summed E-state index contributed by atoms with van der Waals surface area (Å²) in [5.41, 5.74) is 3.04. The summed E-state index contributed by atoms with van der Waals surface area (Å²) in [4.78, 5) is 27.6. The van der Waals surface area contributed by atoms with Crippen LogP contribution in [0.15, 0.2) is 42.5 Å². The number of aromatic amines is 1. The number of aryl methyl sites for hydroxylation is 1. The lowest BCUT2D eigenvalue weighted by Crippen LogP contribution is -2.27. The van der Waals surface area contributed by atoms with E-state index in [4.69, 9.17) is 4.74 Å². The molecule has 0 aliphatic carbocycles. The summed E-state index contributed by atoms with van der Waals surface area (Å²) in [6.45, 7) is 5.43. The van der Waals surface area contributed by atoms with Gasteiger partial charge in [0.15, 0.2) is 0 Å². The van der Waals surface area contributed by atoms with Crippen LogP contribution in [-0.2, 0) is 4.74 Å². The van der Waals surface area contributed by atoms with Crippen molar-refractivity contribution in [2.75, 3.05) is 7.11 Å². The fraction of sp³-hybridized carbons (Fsp3) is 0.238. The number of carbonyl (C=O) groups excluding carboxylic acids is 2. The van der Waals surface area contributed by atoms with Crippen molar-refractivity contribution in [2.45, 2.75) is 26.8 Å². The Hall–Kier alpha value is -3.08. The number of aromatic nitrogens is 1. The minimum Gasteiger partial charge on any atom is -0.465 e. The quantitative estimate of drug-likeness (QED) is 0.697. The first-order chi connectivity index (χ1) is 12.4. The molecule has 2 aromatic carbocycles. The zero-order valence-electron chi connectivity index (χ0n) is 15.3. The Morgan fingerprint density at radius 2 is 1.77 bits per heavy atom. The maximum atomic E-state index is 12.7. The Bertz CT molecular complexity index is 988. The van der Waals surface area contributed by atoms with Gasteiger partial charge in [0.2, 0.25) is 0 Å². The van der Waals surface area contributed by atoms with Crippen molar-refractivity contribution in [1.82, 2.24) is 10.3 Å². The molecule has 1 unspecified atom stereocenters. The van der Waals surface area contributed by atoms with Crippen LogP contribution >= 0.6 is 0 Å². The van der Waals surface area contributed by atoms with Gasteiger partial charge in [-0.3, -0.25) is 4.79 Å². The van der Waals surface area contributed by atoms with Crippen LogP contribution in [-0.4, -0.2) is 24.0 Å². The summed E-state index contributed by atoms with van der Waals surface area (Å²) in [5, 5.41) is 5.28. The van der Waals surface area contributed by atoms with E-state index in [-0.39, 0.29) is 11.9 Å². The predicted octanol–water partition coefficient (Wildman–Crippen LogP) is 4.06. The van der Waals surface area contributed by atoms with Gasteiger partial charge >= 0.3 is 5.97 Å². The molecule has 1 amide bonds. The minimum absolute atomic E-state index is 0.170. The molecule has 1 aromatic heterocycles. The second-order valence-electron chi connectivity index (χ2n) is 6.42. The van der Waals surface area contributed by atoms with Crippen LogP contribution in [0.5, 0.6) is 0 Å². The van der Waals surface area contributed by atoms with Gasteiger partial charge in [-0.1, -0.05) is 36.4 Å². The second kappa shape index (κ2) is 7.04. The molecule has 1 heterocycles. The first kappa shape index (κ1) is 17.7. The summed E-state index contributed by atoms with van der Waals surface area (Å²) in [7, 11) is 1.33. The summed E-state index contributed by atoms with van der Waals surface area (Å²) in [6.07, 6.45) is 0. The number of carbonyl (C=O) groups is 2. The Labute approximate surface area is 152 Å². The number of rotatable bonds is 4. The van der Waals surface area contributed by atoms with Crippen LogP contribution in [0.2, 0.25) is 0 Å². The number of esters is 1. The van der Waals surface area contributed by atoms with Crippen molar-refractivity contribution in [3.05, 3.63) is 70.5 Å². The third-order valence-electron chi connectivity index (χ3n) is 4.68. The third-order valence-corrected chi connectivity index (χ3v) is 4.68. The highest BCUT2D eigenvalue weighted by atomic mass is 16.5. The Kier molecular flexibility index (Phi) is 4.80. The number of hydrogen-bond donors (Lipinski definition) is 2. The summed E-state index contributed by atoms with van der Waals surface area (Å²) in [6, 6.07) is 14.1. The molecule has 0 radical (unpaired) electrons. The molecule has 0 fully saturated rings. The fourth-order valence-corrected chi connectivity index (χ4v) is 3.21. The van der Waals surface area contributed by atoms with Crippen LogP contribution in [0.1, 0.15) is 50.6 Å². The molecule has 5 nitrogen and oxygen atoms in total. The molecule has 0 bridgehead atoms. The molecular weight excluding hydrogens is 328 g/mol. The zero-order chi connectivity index (χ0) is 18.8. The van der Waals surface area contributed by atoms with Crippen molar-refractivity contribution >= 4 is 22.6 Å². The predicted molar refractivity (Wildman–Crippen MR) is 101 cm³/mol. The lowest BCUT2D eigenvalue weighted by Gasteiger charge is -2.15. The van der Waals surface area contributed by atoms with Crippen molar-refractivity contribution in [1.29, 1.82) is 0 Å². The largest absolute Gasteiger partial charge is 0.465 e. The molecule has 0 saturated carbocycles. The average Bonchev–Trinajstić information content (AvgIpc) is 2.95. The number of nitrogens with one attached hydrogen (secondary N) is 2. The van der Waals surface area contributed by atoms with Crippen LogP contribution in [0.3, 0.4) is 0 Å². The van der Waals surface area contributed by atoms with Crippen LogP contribution in [0, 0.1) is 13.8 Å². The zero-order valence-corrected chi connectivity index (χ0v) is 15.3. The molecule has 0 aliphatic rings. The van der Waals surface area contributed by atoms with E-state index in [1.165, 1.54) is 7.11 Å². The number of ether oxygens (including phenoxy) is 1. The van der Waals surface area contributed by atoms with E-state index in [1.54, 1.807) is 13.8 Å². The minimum atomic E-state index is -0.446. The molecule has 134 valence electrons. The van der Waals surface area contributed by atoms with E-state index in [2.05, 4.69) is 28.5 Å². The molecule has 2 N–H and O–H groups in total. The lowest BCUT2D eigenvalue weighted by atomic mass is 10.0. The number of hydrogen-bond acceptors (Lipinski definition) is 3. The van der Waals surface area contributed by atoms with E-state index >= 15 is 0 Å². The molecule has 0 spiro atoms. The number of H-pyrrole nitrogens is 1. The Morgan fingerprint density at radius 1 is 1.08 bits per heavy atom. The molecule has 26 heavy (non-hydrogen) atoms. The second-order valence-corrected chi connectivity index (χ2v) is 6.42. The van der Waals surface area contributed by atoms with Gasteiger partial charge < -0.3 is 15.0 Å². The van der Waals surface area contributed by atoms with Gasteiger partial charge in [-0.05, 0) is 48.7 Å². The number of amides is 1. The number of methoxy groups -OCH3 is 1. The van der Waals surface area contributed by atoms with E-state index in [9.17, 15) is 9.59 Å². The van der Waals surface area contributed by atoms with Crippen molar-refractivity contribution in [3.63, 3.8) is 0 Å². The molecular formula is C21H22N2O3. The Morgan fingerprint density at radius 3 is 2.46 bits per heavy atom. The van der Waals surface area contributed by atoms with Gasteiger partial charge in [-0.15, -0.1) is 0 Å². The maximum absolute atomic E-state index is 12.7. The van der Waals surface area contributed by atoms with Gasteiger partial charge in [-0.25, -0.2) is 4.79 Å². The van der Waals surface area contributed by atoms with Gasteiger partial charge in [-0.2, -0.15) is 0 Å². The van der Waals surface area contributed by atoms with Gasteiger partial charge in [0, 0.05) is 5.69 Å². The van der Waals surface area contributed by atoms with E-state index in [1.807, 2.05) is 31.2 Å². The lowest BCUT2D eigenvalue weighted by molar-refractivity contribution is 0.0599. The standard InChI is InChI=1S/C21H22N2O3/c1-12-18(21(25)26-4)14(3)22-19(12)20(24)23-13(2)16-10-9-15-7-5-6-8-17(15)11-16/h5-11,13,22H,1-4H3,(H,23,24). The fourth-order valence-electron chi connectivity index (χ4n) is 3.21. The molecule has 3 rings (SSSR count). The number of fused-ring (bicyclic) bond motifs is 1. The first-order valence-corrected chi connectivity index (χ1v) is 8.49. The summed E-state index contributed by atoms with van der Waals surface area (Å²) >= 11 is 0. The molecule has 5 heteroatoms. The van der Waals surface area contributed by atoms with E-state index in [0.29, 0.717) is 22.5 Å². The van der Waals surface area contributed by atoms with Gasteiger partial charge in [0.25, 0.3) is 5.91 Å². The van der Waals surface area contributed by atoms with Gasteiger partial charge in [0.1, 0.15) is 5.69 Å². The summed E-state index contributed by atoms with van der Waals surface area (Å²) < 4.78 is 4.79. The normalized spacial score (nSPS) is 12.0. The smallest absolute Gasteiger partial charge is 0.339 e. The highest BCUT2D eigenvalue weighted by Crippen LogP contribution is 2.22. The molecule has 0 saturated heterocycles. The maximum Gasteiger partial charge on any atom is 0.339 e. The summed E-state index contributed by atoms with van der Waals surface area (Å²) in [5.74, 6) is -0.695.